The Bertz CT molecular complexity index is 316. The van der Waals surface area contributed by atoms with E-state index in [9.17, 15) is 9.59 Å². The monoisotopic (exact) mass is 270 g/mol. The molecule has 1 amide bonds. The second-order valence-corrected chi connectivity index (χ2v) is 6.03. The van der Waals surface area contributed by atoms with Gasteiger partial charge in [0.05, 0.1) is 18.8 Å². The second-order valence-electron chi connectivity index (χ2n) is 6.03. The summed E-state index contributed by atoms with van der Waals surface area (Å²) in [7, 11) is 0. The summed E-state index contributed by atoms with van der Waals surface area (Å²) in [4.78, 5) is 23.2. The van der Waals surface area contributed by atoms with Crippen LogP contribution in [0.4, 0.5) is 0 Å². The minimum Gasteiger partial charge on any atom is -0.465 e. The molecule has 0 radical (unpaired) electrons. The lowest BCUT2D eigenvalue weighted by Crippen LogP contribution is -2.34. The molecule has 1 aliphatic rings. The van der Waals surface area contributed by atoms with E-state index >= 15 is 0 Å². The van der Waals surface area contributed by atoms with Crippen molar-refractivity contribution in [2.75, 3.05) is 6.61 Å². The van der Waals surface area contributed by atoms with Crippen LogP contribution in [0.25, 0.3) is 0 Å². The third-order valence-electron chi connectivity index (χ3n) is 2.96. The summed E-state index contributed by atoms with van der Waals surface area (Å²) < 4.78 is 5.10. The smallest absolute Gasteiger partial charge is 0.305 e. The molecule has 0 aromatic carbocycles. The van der Waals surface area contributed by atoms with E-state index in [1.807, 2.05) is 13.8 Å². The predicted molar refractivity (Wildman–Crippen MR) is 73.3 cm³/mol. The standard InChI is InChI=1S/C14H26N2O3/c1-9(2)7-11-14(18)16-12(15-11)5-6-13(17)19-8-10(3)4/h9-12,15H,5-8H2,1-4H3,(H,16,18)/t11-,12?/m0/s1. The van der Waals surface area contributed by atoms with Crippen molar-refractivity contribution < 1.29 is 14.3 Å². The zero-order valence-corrected chi connectivity index (χ0v) is 12.4. The van der Waals surface area contributed by atoms with E-state index in [0.717, 1.165) is 6.42 Å². The van der Waals surface area contributed by atoms with E-state index in [2.05, 4.69) is 24.5 Å². The summed E-state index contributed by atoms with van der Waals surface area (Å²) in [5, 5.41) is 6.10. The third-order valence-corrected chi connectivity index (χ3v) is 2.96. The van der Waals surface area contributed by atoms with Gasteiger partial charge in [-0.1, -0.05) is 27.7 Å². The number of nitrogens with one attached hydrogen (secondary N) is 2. The maximum atomic E-state index is 11.7. The SMILES string of the molecule is CC(C)COC(=O)CCC1NC(=O)[C@H](CC(C)C)N1. The van der Waals surface area contributed by atoms with Gasteiger partial charge in [-0.25, -0.2) is 0 Å². The number of rotatable bonds is 7. The molecule has 0 saturated carbocycles. The van der Waals surface area contributed by atoms with Crippen LogP contribution in [0.1, 0.15) is 47.0 Å². The van der Waals surface area contributed by atoms with E-state index in [0.29, 0.717) is 31.3 Å². The molecule has 5 heteroatoms. The summed E-state index contributed by atoms with van der Waals surface area (Å²) in [6.45, 7) is 8.64. The molecular weight excluding hydrogens is 244 g/mol. The summed E-state index contributed by atoms with van der Waals surface area (Å²) in [6.07, 6.45) is 1.62. The van der Waals surface area contributed by atoms with Gasteiger partial charge in [-0.15, -0.1) is 0 Å². The van der Waals surface area contributed by atoms with Gasteiger partial charge < -0.3 is 10.1 Å². The van der Waals surface area contributed by atoms with Crippen LogP contribution in [0.2, 0.25) is 0 Å². The Labute approximate surface area is 115 Å². The molecule has 1 heterocycles. The third kappa shape index (κ3) is 6.05. The first kappa shape index (κ1) is 16.0. The first-order valence-corrected chi connectivity index (χ1v) is 7.10. The van der Waals surface area contributed by atoms with Crippen LogP contribution in [0.5, 0.6) is 0 Å². The average Bonchev–Trinajstić information content (AvgIpc) is 2.64. The number of hydrogen-bond acceptors (Lipinski definition) is 4. The van der Waals surface area contributed by atoms with Crippen LogP contribution in [0, 0.1) is 11.8 Å². The molecule has 110 valence electrons. The van der Waals surface area contributed by atoms with E-state index in [-0.39, 0.29) is 24.1 Å². The molecule has 5 nitrogen and oxygen atoms in total. The van der Waals surface area contributed by atoms with Gasteiger partial charge in [-0.3, -0.25) is 14.9 Å². The molecule has 0 bridgehead atoms. The number of esters is 1. The fourth-order valence-electron chi connectivity index (χ4n) is 2.03. The van der Waals surface area contributed by atoms with E-state index in [1.54, 1.807) is 0 Å². The lowest BCUT2D eigenvalue weighted by Gasteiger charge is -2.13. The number of hydrogen-bond donors (Lipinski definition) is 2. The van der Waals surface area contributed by atoms with Gasteiger partial charge in [-0.2, -0.15) is 0 Å². The highest BCUT2D eigenvalue weighted by molar-refractivity contribution is 5.84. The first-order chi connectivity index (χ1) is 8.88. The van der Waals surface area contributed by atoms with Crippen molar-refractivity contribution in [2.24, 2.45) is 11.8 Å². The average molecular weight is 270 g/mol. The molecule has 0 spiro atoms. The van der Waals surface area contributed by atoms with Gasteiger partial charge in [0.1, 0.15) is 0 Å². The topological polar surface area (TPSA) is 67.4 Å². The minimum absolute atomic E-state index is 0.0363. The van der Waals surface area contributed by atoms with Crippen molar-refractivity contribution >= 4 is 11.9 Å². The van der Waals surface area contributed by atoms with E-state index < -0.39 is 0 Å². The quantitative estimate of drug-likeness (QED) is 0.687. The molecule has 0 aliphatic carbocycles. The normalized spacial score (nSPS) is 22.9. The fraction of sp³-hybridized carbons (Fsp3) is 0.857. The second kappa shape index (κ2) is 7.48. The Morgan fingerprint density at radius 2 is 1.95 bits per heavy atom. The molecule has 1 fully saturated rings. The van der Waals surface area contributed by atoms with Crippen molar-refractivity contribution in [2.45, 2.75) is 59.2 Å². The Balaban J connectivity index is 2.24. The van der Waals surface area contributed by atoms with Gasteiger partial charge in [0, 0.05) is 6.42 Å². The maximum Gasteiger partial charge on any atom is 0.305 e. The van der Waals surface area contributed by atoms with Crippen LogP contribution >= 0.6 is 0 Å². The largest absolute Gasteiger partial charge is 0.465 e. The van der Waals surface area contributed by atoms with E-state index in [4.69, 9.17) is 4.74 Å². The summed E-state index contributed by atoms with van der Waals surface area (Å²) >= 11 is 0. The zero-order valence-electron chi connectivity index (χ0n) is 12.4. The molecule has 0 aromatic rings. The highest BCUT2D eigenvalue weighted by Gasteiger charge is 2.31. The Hall–Kier alpha value is -1.10. The molecule has 0 aromatic heterocycles. The van der Waals surface area contributed by atoms with Crippen LogP contribution in [-0.4, -0.2) is 30.7 Å². The van der Waals surface area contributed by atoms with Gasteiger partial charge in [0.25, 0.3) is 0 Å². The van der Waals surface area contributed by atoms with Crippen LogP contribution in [0.3, 0.4) is 0 Å². The Morgan fingerprint density at radius 3 is 2.53 bits per heavy atom. The van der Waals surface area contributed by atoms with Gasteiger partial charge in [0.2, 0.25) is 5.91 Å². The lowest BCUT2D eigenvalue weighted by molar-refractivity contribution is -0.145. The highest BCUT2D eigenvalue weighted by Crippen LogP contribution is 2.12. The van der Waals surface area contributed by atoms with Crippen molar-refractivity contribution in [3.05, 3.63) is 0 Å². The molecule has 2 N–H and O–H groups in total. The van der Waals surface area contributed by atoms with Gasteiger partial charge in [0.15, 0.2) is 0 Å². The zero-order chi connectivity index (χ0) is 14.4. The molecule has 2 atom stereocenters. The number of carbonyl (C=O) groups excluding carboxylic acids is 2. The summed E-state index contributed by atoms with van der Waals surface area (Å²) in [6, 6.07) is -0.128. The van der Waals surface area contributed by atoms with Crippen molar-refractivity contribution in [3.8, 4) is 0 Å². The first-order valence-electron chi connectivity index (χ1n) is 7.10. The van der Waals surface area contributed by atoms with Crippen molar-refractivity contribution in [1.29, 1.82) is 0 Å². The number of ether oxygens (including phenoxy) is 1. The number of amides is 1. The fourth-order valence-corrected chi connectivity index (χ4v) is 2.03. The van der Waals surface area contributed by atoms with Crippen LogP contribution in [0.15, 0.2) is 0 Å². The minimum atomic E-state index is -0.197. The lowest BCUT2D eigenvalue weighted by atomic mass is 10.0. The molecule has 1 rings (SSSR count). The predicted octanol–water partition coefficient (Wildman–Crippen LogP) is 1.43. The Morgan fingerprint density at radius 1 is 1.26 bits per heavy atom. The van der Waals surface area contributed by atoms with Crippen LogP contribution < -0.4 is 10.6 Å². The van der Waals surface area contributed by atoms with Gasteiger partial charge in [-0.05, 0) is 24.7 Å². The molecular formula is C14H26N2O3. The van der Waals surface area contributed by atoms with Crippen LogP contribution in [-0.2, 0) is 14.3 Å². The molecule has 1 unspecified atom stereocenters. The van der Waals surface area contributed by atoms with Crippen molar-refractivity contribution in [3.63, 3.8) is 0 Å². The Kier molecular flexibility index (Phi) is 6.28. The number of carbonyl (C=O) groups is 2. The highest BCUT2D eigenvalue weighted by atomic mass is 16.5. The molecule has 1 saturated heterocycles. The van der Waals surface area contributed by atoms with Gasteiger partial charge >= 0.3 is 5.97 Å². The maximum absolute atomic E-state index is 11.7. The molecule has 1 aliphatic heterocycles. The van der Waals surface area contributed by atoms with Crippen molar-refractivity contribution in [1.82, 2.24) is 10.6 Å². The summed E-state index contributed by atoms with van der Waals surface area (Å²) in [5.74, 6) is 0.660. The summed E-state index contributed by atoms with van der Waals surface area (Å²) in [5.41, 5.74) is 0. The molecule has 19 heavy (non-hydrogen) atoms. The van der Waals surface area contributed by atoms with E-state index in [1.165, 1.54) is 0 Å².